The van der Waals surface area contributed by atoms with Crippen LogP contribution in [0.4, 0.5) is 0 Å². The van der Waals surface area contributed by atoms with Gasteiger partial charge in [0.25, 0.3) is 10.0 Å². The maximum atomic E-state index is 11.7. The molecule has 0 unspecified atom stereocenters. The van der Waals surface area contributed by atoms with Crippen LogP contribution in [0.25, 0.3) is 0 Å². The minimum absolute atomic E-state index is 0.0481. The fourth-order valence-electron chi connectivity index (χ4n) is 1.02. The molecule has 1 aromatic heterocycles. The molecular weight excluding hydrogens is 264 g/mol. The summed E-state index contributed by atoms with van der Waals surface area (Å²) in [7, 11) is -3.64. The van der Waals surface area contributed by atoms with E-state index in [1.807, 2.05) is 6.26 Å². The summed E-state index contributed by atoms with van der Waals surface area (Å²) >= 11 is 1.52. The number of pyridine rings is 1. The lowest BCUT2D eigenvalue weighted by Crippen LogP contribution is -2.26. The van der Waals surface area contributed by atoms with Gasteiger partial charge in [-0.05, 0) is 18.4 Å². The molecule has 0 aliphatic heterocycles. The summed E-state index contributed by atoms with van der Waals surface area (Å²) in [4.78, 5) is 14.2. The second-order valence-corrected chi connectivity index (χ2v) is 5.78. The molecule has 0 atom stereocenters. The lowest BCUT2D eigenvalue weighted by molar-refractivity contribution is 0.0696. The van der Waals surface area contributed by atoms with Gasteiger partial charge < -0.3 is 5.11 Å². The first-order valence-electron chi connectivity index (χ1n) is 4.65. The van der Waals surface area contributed by atoms with Gasteiger partial charge in [-0.15, -0.1) is 0 Å². The lowest BCUT2D eigenvalue weighted by Gasteiger charge is -2.05. The number of nitrogens with one attached hydrogen (secondary N) is 1. The third kappa shape index (κ3) is 3.99. The molecule has 0 fully saturated rings. The number of rotatable bonds is 6. The molecule has 0 spiro atoms. The van der Waals surface area contributed by atoms with E-state index < -0.39 is 16.0 Å². The van der Waals surface area contributed by atoms with E-state index in [0.29, 0.717) is 12.3 Å². The molecule has 0 bridgehead atoms. The number of aromatic carboxylic acids is 1. The molecule has 1 rings (SSSR count). The van der Waals surface area contributed by atoms with Gasteiger partial charge in [0.15, 0.2) is 5.03 Å². The zero-order chi connectivity index (χ0) is 12.9. The van der Waals surface area contributed by atoms with Gasteiger partial charge in [-0.25, -0.2) is 22.9 Å². The maximum absolute atomic E-state index is 11.7. The molecule has 17 heavy (non-hydrogen) atoms. The van der Waals surface area contributed by atoms with E-state index in [1.54, 1.807) is 0 Å². The Morgan fingerprint density at radius 2 is 2.24 bits per heavy atom. The fraction of sp³-hybridized carbons (Fsp3) is 0.333. The minimum Gasteiger partial charge on any atom is -0.478 e. The standard InChI is InChI=1S/C9H12N2O4S2/c1-16-5-4-11-17(14,15)8-3-2-7(6-10-8)9(12)13/h2-3,6,11H,4-5H2,1H3,(H,12,13). The van der Waals surface area contributed by atoms with Crippen LogP contribution in [0, 0.1) is 0 Å². The van der Waals surface area contributed by atoms with E-state index in [0.717, 1.165) is 6.20 Å². The van der Waals surface area contributed by atoms with Crippen molar-refractivity contribution in [3.8, 4) is 0 Å². The molecule has 0 saturated heterocycles. The van der Waals surface area contributed by atoms with Crippen molar-refractivity contribution < 1.29 is 18.3 Å². The Hall–Kier alpha value is -1.12. The van der Waals surface area contributed by atoms with Crippen molar-refractivity contribution in [1.29, 1.82) is 0 Å². The number of carbonyl (C=O) groups is 1. The molecule has 8 heteroatoms. The number of carboxylic acids is 1. The maximum Gasteiger partial charge on any atom is 0.337 e. The first-order valence-corrected chi connectivity index (χ1v) is 7.53. The number of sulfonamides is 1. The van der Waals surface area contributed by atoms with Gasteiger partial charge in [0.2, 0.25) is 0 Å². The van der Waals surface area contributed by atoms with Crippen LogP contribution in [0.5, 0.6) is 0 Å². The van der Waals surface area contributed by atoms with E-state index >= 15 is 0 Å². The number of hydrogen-bond acceptors (Lipinski definition) is 5. The molecule has 2 N–H and O–H groups in total. The average Bonchev–Trinajstić information content (AvgIpc) is 2.29. The van der Waals surface area contributed by atoms with Crippen LogP contribution in [-0.4, -0.2) is 43.0 Å². The van der Waals surface area contributed by atoms with Crippen molar-refractivity contribution in [3.05, 3.63) is 23.9 Å². The lowest BCUT2D eigenvalue weighted by atomic mass is 10.3. The van der Waals surface area contributed by atoms with E-state index in [1.165, 1.54) is 23.9 Å². The topological polar surface area (TPSA) is 96.4 Å². The third-order valence-electron chi connectivity index (χ3n) is 1.86. The molecule has 1 heterocycles. The molecule has 0 amide bonds. The van der Waals surface area contributed by atoms with Crippen molar-refractivity contribution in [1.82, 2.24) is 9.71 Å². The molecule has 0 aliphatic rings. The van der Waals surface area contributed by atoms with Gasteiger partial charge in [-0.3, -0.25) is 0 Å². The van der Waals surface area contributed by atoms with Gasteiger partial charge in [0, 0.05) is 18.5 Å². The fourth-order valence-corrected chi connectivity index (χ4v) is 2.41. The smallest absolute Gasteiger partial charge is 0.337 e. The highest BCUT2D eigenvalue weighted by atomic mass is 32.2. The van der Waals surface area contributed by atoms with Crippen molar-refractivity contribution in [2.45, 2.75) is 5.03 Å². The van der Waals surface area contributed by atoms with Gasteiger partial charge in [-0.1, -0.05) is 0 Å². The summed E-state index contributed by atoms with van der Waals surface area (Å²) in [5, 5.41) is 8.47. The second kappa shape index (κ2) is 5.99. The monoisotopic (exact) mass is 276 g/mol. The highest BCUT2D eigenvalue weighted by Crippen LogP contribution is 2.06. The molecule has 6 nitrogen and oxygen atoms in total. The van der Waals surface area contributed by atoms with Crippen molar-refractivity contribution in [3.63, 3.8) is 0 Å². The third-order valence-corrected chi connectivity index (χ3v) is 3.85. The molecule has 94 valence electrons. The van der Waals surface area contributed by atoms with E-state index in [2.05, 4.69) is 9.71 Å². The Bertz CT molecular complexity index is 484. The Labute approximate surface area is 104 Å². The number of carboxylic acid groups (broad SMARTS) is 1. The highest BCUT2D eigenvalue weighted by molar-refractivity contribution is 7.98. The largest absolute Gasteiger partial charge is 0.478 e. The van der Waals surface area contributed by atoms with Gasteiger partial charge >= 0.3 is 5.97 Å². The Morgan fingerprint density at radius 1 is 1.53 bits per heavy atom. The molecule has 0 saturated carbocycles. The normalized spacial score (nSPS) is 11.4. The second-order valence-electron chi connectivity index (χ2n) is 3.08. The van der Waals surface area contributed by atoms with Gasteiger partial charge in [0.1, 0.15) is 0 Å². The SMILES string of the molecule is CSCCNS(=O)(=O)c1ccc(C(=O)O)cn1. The molecule has 0 aliphatic carbocycles. The molecule has 0 radical (unpaired) electrons. The molecule has 1 aromatic rings. The number of hydrogen-bond donors (Lipinski definition) is 2. The van der Waals surface area contributed by atoms with Crippen LogP contribution in [-0.2, 0) is 10.0 Å². The Kier molecular flexibility index (Phi) is 4.91. The van der Waals surface area contributed by atoms with Crippen LogP contribution < -0.4 is 4.72 Å². The predicted molar refractivity (Wildman–Crippen MR) is 64.8 cm³/mol. The van der Waals surface area contributed by atoms with Crippen LogP contribution in [0.3, 0.4) is 0 Å². The van der Waals surface area contributed by atoms with E-state index in [4.69, 9.17) is 5.11 Å². The van der Waals surface area contributed by atoms with Gasteiger partial charge in [0.05, 0.1) is 5.56 Å². The molecular formula is C9H12N2O4S2. The zero-order valence-electron chi connectivity index (χ0n) is 9.08. The number of aromatic nitrogens is 1. The number of nitrogens with zero attached hydrogens (tertiary/aromatic N) is 1. The van der Waals surface area contributed by atoms with Gasteiger partial charge in [-0.2, -0.15) is 11.8 Å². The van der Waals surface area contributed by atoms with Crippen LogP contribution >= 0.6 is 11.8 Å². The summed E-state index contributed by atoms with van der Waals surface area (Å²) in [6.45, 7) is 0.311. The first kappa shape index (κ1) is 13.9. The van der Waals surface area contributed by atoms with Crippen molar-refractivity contribution >= 4 is 27.8 Å². The van der Waals surface area contributed by atoms with Crippen LogP contribution in [0.15, 0.2) is 23.4 Å². The highest BCUT2D eigenvalue weighted by Gasteiger charge is 2.15. The summed E-state index contributed by atoms with van der Waals surface area (Å²) in [5.41, 5.74) is -0.0481. The van der Waals surface area contributed by atoms with Crippen LogP contribution in [0.2, 0.25) is 0 Å². The van der Waals surface area contributed by atoms with Crippen molar-refractivity contribution in [2.24, 2.45) is 0 Å². The van der Waals surface area contributed by atoms with Crippen molar-refractivity contribution in [2.75, 3.05) is 18.6 Å². The minimum atomic E-state index is -3.64. The first-order chi connectivity index (χ1) is 7.97. The average molecular weight is 276 g/mol. The summed E-state index contributed by atoms with van der Waals surface area (Å²) in [6, 6.07) is 2.38. The summed E-state index contributed by atoms with van der Waals surface area (Å²) in [6.07, 6.45) is 2.89. The predicted octanol–water partition coefficient (Wildman–Crippen LogP) is 0.421. The Balaban J connectivity index is 2.81. The summed E-state index contributed by atoms with van der Waals surface area (Å²) < 4.78 is 25.7. The summed E-state index contributed by atoms with van der Waals surface area (Å²) in [5.74, 6) is -0.483. The zero-order valence-corrected chi connectivity index (χ0v) is 10.7. The molecule has 0 aromatic carbocycles. The number of thioether (sulfide) groups is 1. The van der Waals surface area contributed by atoms with E-state index in [-0.39, 0.29) is 10.6 Å². The quantitative estimate of drug-likeness (QED) is 0.731. The Morgan fingerprint density at radius 3 is 2.71 bits per heavy atom. The van der Waals surface area contributed by atoms with Crippen LogP contribution in [0.1, 0.15) is 10.4 Å². The van der Waals surface area contributed by atoms with E-state index in [9.17, 15) is 13.2 Å².